The van der Waals surface area contributed by atoms with Crippen LogP contribution < -0.4 is 10.6 Å². The monoisotopic (exact) mass is 271 g/mol. The van der Waals surface area contributed by atoms with Gasteiger partial charge in [-0.05, 0) is 48.4 Å². The number of nitrogens with one attached hydrogen (secondary N) is 2. The fourth-order valence-electron chi connectivity index (χ4n) is 2.34. The summed E-state index contributed by atoms with van der Waals surface area (Å²) < 4.78 is 12.8. The minimum Gasteiger partial charge on any atom is -0.322 e. The highest BCUT2D eigenvalue weighted by molar-refractivity contribution is 6.05. The van der Waals surface area contributed by atoms with E-state index in [9.17, 15) is 9.18 Å². The molecule has 0 atom stereocenters. The molecular weight excluding hydrogens is 257 g/mol. The van der Waals surface area contributed by atoms with Crippen LogP contribution in [0.3, 0.4) is 0 Å². The zero-order valence-electron chi connectivity index (χ0n) is 10.8. The molecular formula is C15H14FN3O. The molecule has 3 rings (SSSR count). The Morgan fingerprint density at radius 3 is 2.85 bits per heavy atom. The highest BCUT2D eigenvalue weighted by Crippen LogP contribution is 2.19. The first kappa shape index (κ1) is 12.7. The van der Waals surface area contributed by atoms with Crippen molar-refractivity contribution in [1.29, 1.82) is 0 Å². The Kier molecular flexibility index (Phi) is 3.43. The molecule has 0 unspecified atom stereocenters. The number of benzene rings is 1. The predicted molar refractivity (Wildman–Crippen MR) is 74.0 cm³/mol. The van der Waals surface area contributed by atoms with Crippen molar-refractivity contribution in [2.75, 3.05) is 11.9 Å². The van der Waals surface area contributed by atoms with Gasteiger partial charge in [-0.1, -0.05) is 0 Å². The molecule has 0 fully saturated rings. The van der Waals surface area contributed by atoms with Crippen LogP contribution in [0.1, 0.15) is 21.5 Å². The van der Waals surface area contributed by atoms with E-state index >= 15 is 0 Å². The molecule has 2 N–H and O–H groups in total. The second-order valence-corrected chi connectivity index (χ2v) is 4.71. The molecule has 0 bridgehead atoms. The number of carbonyl (C=O) groups excluding carboxylic acids is 1. The second kappa shape index (κ2) is 5.38. The molecule has 1 amide bonds. The summed E-state index contributed by atoms with van der Waals surface area (Å²) >= 11 is 0. The maximum Gasteiger partial charge on any atom is 0.257 e. The lowest BCUT2D eigenvalue weighted by molar-refractivity contribution is 0.102. The fraction of sp³-hybridized carbons (Fsp3) is 0.200. The molecule has 0 saturated carbocycles. The number of amides is 1. The van der Waals surface area contributed by atoms with Crippen molar-refractivity contribution in [3.05, 3.63) is 59.2 Å². The average Bonchev–Trinajstić information content (AvgIpc) is 2.49. The summed E-state index contributed by atoms with van der Waals surface area (Å²) in [5.41, 5.74) is 3.26. The molecule has 2 heterocycles. The van der Waals surface area contributed by atoms with Crippen molar-refractivity contribution in [2.45, 2.75) is 13.0 Å². The van der Waals surface area contributed by atoms with Crippen LogP contribution in [0.4, 0.5) is 10.1 Å². The normalized spacial score (nSPS) is 13.7. The number of fused-ring (bicyclic) bond motifs is 1. The van der Waals surface area contributed by atoms with Crippen molar-refractivity contribution in [3.63, 3.8) is 0 Å². The van der Waals surface area contributed by atoms with Crippen molar-refractivity contribution in [3.8, 4) is 0 Å². The molecule has 102 valence electrons. The van der Waals surface area contributed by atoms with Gasteiger partial charge in [0, 0.05) is 24.6 Å². The molecule has 1 aliphatic rings. The van der Waals surface area contributed by atoms with Crippen molar-refractivity contribution in [1.82, 2.24) is 10.3 Å². The number of rotatable bonds is 2. The standard InChI is InChI=1S/C15H14FN3O/c16-11-1-3-12(4-2-11)19-15(20)14-9-18-8-10-7-17-6-5-13(10)14/h1-4,8-9,17H,5-7H2,(H,19,20). The molecule has 0 aliphatic carbocycles. The lowest BCUT2D eigenvalue weighted by Crippen LogP contribution is -2.27. The smallest absolute Gasteiger partial charge is 0.257 e. The minimum atomic E-state index is -0.326. The van der Waals surface area contributed by atoms with Gasteiger partial charge in [0.15, 0.2) is 0 Å². The summed E-state index contributed by atoms with van der Waals surface area (Å²) in [6.07, 6.45) is 4.18. The average molecular weight is 271 g/mol. The third-order valence-corrected chi connectivity index (χ3v) is 3.36. The number of halogens is 1. The number of hydrogen-bond acceptors (Lipinski definition) is 3. The SMILES string of the molecule is O=C(Nc1ccc(F)cc1)c1cncc2c1CCNC2. The molecule has 0 saturated heterocycles. The van der Waals surface area contributed by atoms with E-state index in [1.807, 2.05) is 0 Å². The van der Waals surface area contributed by atoms with E-state index in [1.165, 1.54) is 24.3 Å². The van der Waals surface area contributed by atoms with E-state index in [-0.39, 0.29) is 11.7 Å². The van der Waals surface area contributed by atoms with Crippen LogP contribution in [0.5, 0.6) is 0 Å². The van der Waals surface area contributed by atoms with Gasteiger partial charge >= 0.3 is 0 Å². The van der Waals surface area contributed by atoms with Crippen molar-refractivity contribution >= 4 is 11.6 Å². The summed E-state index contributed by atoms with van der Waals surface area (Å²) in [6.45, 7) is 1.59. The molecule has 5 heteroatoms. The zero-order chi connectivity index (χ0) is 13.9. The first-order chi connectivity index (χ1) is 9.74. The predicted octanol–water partition coefficient (Wildman–Crippen LogP) is 2.12. The van der Waals surface area contributed by atoms with Crippen LogP contribution in [0.2, 0.25) is 0 Å². The molecule has 1 aromatic carbocycles. The van der Waals surface area contributed by atoms with E-state index in [1.54, 1.807) is 12.4 Å². The van der Waals surface area contributed by atoms with Crippen LogP contribution in [0.25, 0.3) is 0 Å². The molecule has 2 aromatic rings. The first-order valence-corrected chi connectivity index (χ1v) is 6.47. The third kappa shape index (κ3) is 2.53. The first-order valence-electron chi connectivity index (χ1n) is 6.47. The van der Waals surface area contributed by atoms with Gasteiger partial charge in [-0.15, -0.1) is 0 Å². The van der Waals surface area contributed by atoms with Gasteiger partial charge in [-0.3, -0.25) is 9.78 Å². The van der Waals surface area contributed by atoms with Crippen LogP contribution in [-0.2, 0) is 13.0 Å². The van der Waals surface area contributed by atoms with Gasteiger partial charge in [-0.25, -0.2) is 4.39 Å². The Morgan fingerprint density at radius 1 is 1.25 bits per heavy atom. The van der Waals surface area contributed by atoms with E-state index in [0.717, 1.165) is 30.6 Å². The molecule has 1 aliphatic heterocycles. The number of aromatic nitrogens is 1. The minimum absolute atomic E-state index is 0.206. The summed E-state index contributed by atoms with van der Waals surface area (Å²) in [7, 11) is 0. The van der Waals surface area contributed by atoms with E-state index in [0.29, 0.717) is 11.3 Å². The topological polar surface area (TPSA) is 54.0 Å². The third-order valence-electron chi connectivity index (χ3n) is 3.36. The van der Waals surface area contributed by atoms with Crippen molar-refractivity contribution in [2.24, 2.45) is 0 Å². The molecule has 1 aromatic heterocycles. The maximum absolute atomic E-state index is 12.8. The summed E-state index contributed by atoms with van der Waals surface area (Å²) in [5, 5.41) is 6.02. The number of carbonyl (C=O) groups is 1. The van der Waals surface area contributed by atoms with Gasteiger partial charge in [0.1, 0.15) is 5.82 Å². The Bertz CT molecular complexity index is 640. The zero-order valence-corrected chi connectivity index (χ0v) is 10.8. The summed E-state index contributed by atoms with van der Waals surface area (Å²) in [4.78, 5) is 16.4. The van der Waals surface area contributed by atoms with Crippen LogP contribution >= 0.6 is 0 Å². The fourth-order valence-corrected chi connectivity index (χ4v) is 2.34. The van der Waals surface area contributed by atoms with Crippen LogP contribution in [0.15, 0.2) is 36.7 Å². The van der Waals surface area contributed by atoms with Crippen LogP contribution in [-0.4, -0.2) is 17.4 Å². The van der Waals surface area contributed by atoms with Gasteiger partial charge in [0.05, 0.1) is 5.56 Å². The highest BCUT2D eigenvalue weighted by atomic mass is 19.1. The Hall–Kier alpha value is -2.27. The van der Waals surface area contributed by atoms with E-state index in [4.69, 9.17) is 0 Å². The number of pyridine rings is 1. The van der Waals surface area contributed by atoms with Gasteiger partial charge in [0.2, 0.25) is 0 Å². The lowest BCUT2D eigenvalue weighted by atomic mass is 9.98. The van der Waals surface area contributed by atoms with Crippen LogP contribution in [0, 0.1) is 5.82 Å². The number of nitrogens with zero attached hydrogens (tertiary/aromatic N) is 1. The maximum atomic E-state index is 12.8. The van der Waals surface area contributed by atoms with Gasteiger partial charge in [-0.2, -0.15) is 0 Å². The van der Waals surface area contributed by atoms with E-state index < -0.39 is 0 Å². The Morgan fingerprint density at radius 2 is 2.05 bits per heavy atom. The largest absolute Gasteiger partial charge is 0.322 e. The molecule has 20 heavy (non-hydrogen) atoms. The van der Waals surface area contributed by atoms with Gasteiger partial charge < -0.3 is 10.6 Å². The highest BCUT2D eigenvalue weighted by Gasteiger charge is 2.18. The Balaban J connectivity index is 1.85. The molecule has 4 nitrogen and oxygen atoms in total. The summed E-state index contributed by atoms with van der Waals surface area (Å²) in [5.74, 6) is -0.532. The lowest BCUT2D eigenvalue weighted by Gasteiger charge is -2.19. The van der Waals surface area contributed by atoms with Gasteiger partial charge in [0.25, 0.3) is 5.91 Å². The Labute approximate surface area is 116 Å². The molecule has 0 spiro atoms. The number of anilines is 1. The second-order valence-electron chi connectivity index (χ2n) is 4.71. The summed E-state index contributed by atoms with van der Waals surface area (Å²) in [6, 6.07) is 5.71. The molecule has 0 radical (unpaired) electrons. The van der Waals surface area contributed by atoms with E-state index in [2.05, 4.69) is 15.6 Å². The van der Waals surface area contributed by atoms with Crippen molar-refractivity contribution < 1.29 is 9.18 Å². The number of hydrogen-bond donors (Lipinski definition) is 2. The quantitative estimate of drug-likeness (QED) is 0.879.